The second-order valence-electron chi connectivity index (χ2n) is 5.54. The van der Waals surface area contributed by atoms with Gasteiger partial charge in [-0.25, -0.2) is 0 Å². The molecule has 1 aliphatic heterocycles. The average Bonchev–Trinajstić information content (AvgIpc) is 2.48. The zero-order chi connectivity index (χ0) is 15.3. The number of hydrogen-bond donors (Lipinski definition) is 2. The van der Waals surface area contributed by atoms with Gasteiger partial charge in [0.05, 0.1) is 5.69 Å². The fraction of sp³-hybridized carbons (Fsp3) is 0.600. The van der Waals surface area contributed by atoms with Gasteiger partial charge in [-0.3, -0.25) is 4.72 Å². The van der Waals surface area contributed by atoms with Crippen LogP contribution in [0.3, 0.4) is 0 Å². The van der Waals surface area contributed by atoms with E-state index in [-0.39, 0.29) is 0 Å². The molecule has 1 fully saturated rings. The normalized spacial score (nSPS) is 20.4. The van der Waals surface area contributed by atoms with Crippen LogP contribution in [0.1, 0.15) is 25.3 Å². The van der Waals surface area contributed by atoms with Crippen molar-refractivity contribution < 1.29 is 8.42 Å². The molecule has 1 atom stereocenters. The maximum atomic E-state index is 12.6. The summed E-state index contributed by atoms with van der Waals surface area (Å²) >= 11 is 0. The fourth-order valence-corrected chi connectivity index (χ4v) is 4.21. The molecule has 0 saturated carbocycles. The van der Waals surface area contributed by atoms with Gasteiger partial charge >= 0.3 is 10.2 Å². The van der Waals surface area contributed by atoms with Gasteiger partial charge in [0.1, 0.15) is 0 Å². The monoisotopic (exact) mass is 311 g/mol. The largest absolute Gasteiger partial charge is 0.319 e. The Hall–Kier alpha value is -1.11. The predicted octanol–water partition coefficient (Wildman–Crippen LogP) is 1.84. The lowest BCUT2D eigenvalue weighted by atomic mass is 10.00. The lowest BCUT2D eigenvalue weighted by Gasteiger charge is -2.32. The van der Waals surface area contributed by atoms with Gasteiger partial charge in [-0.2, -0.15) is 12.7 Å². The van der Waals surface area contributed by atoms with Crippen molar-refractivity contribution in [2.75, 3.05) is 31.4 Å². The SMILES string of the molecule is CCc1ccccc1NS(=O)(=O)N1CCCC(CNC)C1. The Kier molecular flexibility index (Phi) is 5.61. The summed E-state index contributed by atoms with van der Waals surface area (Å²) in [5.41, 5.74) is 1.71. The molecule has 0 radical (unpaired) electrons. The zero-order valence-electron chi connectivity index (χ0n) is 12.8. The Morgan fingerprint density at radius 2 is 2.10 bits per heavy atom. The summed E-state index contributed by atoms with van der Waals surface area (Å²) in [6.07, 6.45) is 2.81. The van der Waals surface area contributed by atoms with E-state index in [4.69, 9.17) is 0 Å². The lowest BCUT2D eigenvalue weighted by molar-refractivity contribution is 0.264. The molecule has 21 heavy (non-hydrogen) atoms. The van der Waals surface area contributed by atoms with Crippen LogP contribution in [0.2, 0.25) is 0 Å². The minimum absolute atomic E-state index is 0.391. The third kappa shape index (κ3) is 4.18. The molecule has 1 heterocycles. The summed E-state index contributed by atoms with van der Waals surface area (Å²) in [5.74, 6) is 0.391. The lowest BCUT2D eigenvalue weighted by Crippen LogP contribution is -2.44. The van der Waals surface area contributed by atoms with Gasteiger partial charge in [-0.05, 0) is 50.4 Å². The summed E-state index contributed by atoms with van der Waals surface area (Å²) in [7, 11) is -1.56. The molecule has 0 amide bonds. The van der Waals surface area contributed by atoms with Crippen molar-refractivity contribution >= 4 is 15.9 Å². The summed E-state index contributed by atoms with van der Waals surface area (Å²) in [6, 6.07) is 7.57. The highest BCUT2D eigenvalue weighted by Gasteiger charge is 2.28. The van der Waals surface area contributed by atoms with E-state index in [1.807, 2.05) is 38.2 Å². The summed E-state index contributed by atoms with van der Waals surface area (Å²) in [5, 5.41) is 3.14. The van der Waals surface area contributed by atoms with Crippen molar-refractivity contribution in [1.29, 1.82) is 0 Å². The van der Waals surface area contributed by atoms with Crippen molar-refractivity contribution in [2.24, 2.45) is 5.92 Å². The van der Waals surface area contributed by atoms with Crippen molar-refractivity contribution in [3.8, 4) is 0 Å². The second kappa shape index (κ2) is 7.24. The number of hydrogen-bond acceptors (Lipinski definition) is 3. The number of piperidine rings is 1. The van der Waals surface area contributed by atoms with Crippen LogP contribution in [0.15, 0.2) is 24.3 Å². The first-order valence-electron chi connectivity index (χ1n) is 7.57. The van der Waals surface area contributed by atoms with Crippen LogP contribution in [-0.2, 0) is 16.6 Å². The standard InChI is InChI=1S/C15H25N3O2S/c1-3-14-8-4-5-9-15(14)17-21(19,20)18-10-6-7-13(12-18)11-16-2/h4-5,8-9,13,16-17H,3,6-7,10-12H2,1-2H3. The number of para-hydroxylation sites is 1. The third-order valence-corrected chi connectivity index (χ3v) is 5.44. The first-order valence-corrected chi connectivity index (χ1v) is 9.01. The van der Waals surface area contributed by atoms with E-state index >= 15 is 0 Å². The summed E-state index contributed by atoms with van der Waals surface area (Å²) < 4.78 is 29.5. The summed E-state index contributed by atoms with van der Waals surface area (Å²) in [4.78, 5) is 0. The molecule has 6 heteroatoms. The van der Waals surface area contributed by atoms with Crippen molar-refractivity contribution in [3.63, 3.8) is 0 Å². The van der Waals surface area contributed by atoms with E-state index in [2.05, 4.69) is 10.0 Å². The van der Waals surface area contributed by atoms with E-state index in [9.17, 15) is 8.42 Å². The third-order valence-electron chi connectivity index (χ3n) is 3.95. The van der Waals surface area contributed by atoms with E-state index in [1.54, 1.807) is 4.31 Å². The van der Waals surface area contributed by atoms with Crippen molar-refractivity contribution in [1.82, 2.24) is 9.62 Å². The fourth-order valence-electron chi connectivity index (χ4n) is 2.83. The van der Waals surface area contributed by atoms with Crippen LogP contribution in [0.25, 0.3) is 0 Å². The van der Waals surface area contributed by atoms with E-state index in [0.717, 1.165) is 31.4 Å². The first kappa shape index (κ1) is 16.3. The number of rotatable bonds is 6. The minimum Gasteiger partial charge on any atom is -0.319 e. The molecule has 0 aromatic heterocycles. The molecule has 2 N–H and O–H groups in total. The van der Waals surface area contributed by atoms with E-state index in [0.29, 0.717) is 24.7 Å². The van der Waals surface area contributed by atoms with E-state index in [1.165, 1.54) is 0 Å². The molecule has 1 saturated heterocycles. The average molecular weight is 311 g/mol. The first-order chi connectivity index (χ1) is 10.1. The molecule has 0 spiro atoms. The molecule has 1 aliphatic rings. The van der Waals surface area contributed by atoms with Crippen LogP contribution < -0.4 is 10.0 Å². The number of benzene rings is 1. The Morgan fingerprint density at radius 1 is 1.33 bits per heavy atom. The van der Waals surface area contributed by atoms with Crippen LogP contribution in [-0.4, -0.2) is 39.4 Å². The van der Waals surface area contributed by atoms with Crippen molar-refractivity contribution in [2.45, 2.75) is 26.2 Å². The van der Waals surface area contributed by atoms with Crippen molar-refractivity contribution in [3.05, 3.63) is 29.8 Å². The number of nitrogens with one attached hydrogen (secondary N) is 2. The van der Waals surface area contributed by atoms with Gasteiger partial charge in [0, 0.05) is 13.1 Å². The maximum absolute atomic E-state index is 12.6. The smallest absolute Gasteiger partial charge is 0.301 e. The molecular formula is C15H25N3O2S. The molecule has 5 nitrogen and oxygen atoms in total. The molecule has 1 aromatic carbocycles. The Bertz CT molecular complexity index is 558. The molecule has 0 aliphatic carbocycles. The Balaban J connectivity index is 2.10. The quantitative estimate of drug-likeness (QED) is 0.842. The van der Waals surface area contributed by atoms with Crippen LogP contribution in [0.5, 0.6) is 0 Å². The van der Waals surface area contributed by atoms with Gasteiger partial charge in [0.2, 0.25) is 0 Å². The molecule has 2 rings (SSSR count). The maximum Gasteiger partial charge on any atom is 0.301 e. The topological polar surface area (TPSA) is 61.4 Å². The van der Waals surface area contributed by atoms with E-state index < -0.39 is 10.2 Å². The van der Waals surface area contributed by atoms with Gasteiger partial charge in [-0.1, -0.05) is 25.1 Å². The van der Waals surface area contributed by atoms with Gasteiger partial charge < -0.3 is 5.32 Å². The van der Waals surface area contributed by atoms with Crippen LogP contribution in [0, 0.1) is 5.92 Å². The summed E-state index contributed by atoms with van der Waals surface area (Å²) in [6.45, 7) is 4.07. The molecule has 1 aromatic rings. The molecule has 118 valence electrons. The number of nitrogens with zero attached hydrogens (tertiary/aromatic N) is 1. The molecular weight excluding hydrogens is 286 g/mol. The molecule has 1 unspecified atom stereocenters. The zero-order valence-corrected chi connectivity index (χ0v) is 13.6. The highest BCUT2D eigenvalue weighted by Crippen LogP contribution is 2.22. The highest BCUT2D eigenvalue weighted by molar-refractivity contribution is 7.90. The van der Waals surface area contributed by atoms with Gasteiger partial charge in [0.25, 0.3) is 0 Å². The second-order valence-corrected chi connectivity index (χ2v) is 7.21. The Labute approximate surface area is 127 Å². The van der Waals surface area contributed by atoms with Crippen LogP contribution in [0.4, 0.5) is 5.69 Å². The van der Waals surface area contributed by atoms with Gasteiger partial charge in [0.15, 0.2) is 0 Å². The molecule has 0 bridgehead atoms. The van der Waals surface area contributed by atoms with Crippen LogP contribution >= 0.6 is 0 Å². The van der Waals surface area contributed by atoms with Gasteiger partial charge in [-0.15, -0.1) is 0 Å². The number of anilines is 1. The number of aryl methyl sites for hydroxylation is 1. The predicted molar refractivity (Wildman–Crippen MR) is 86.6 cm³/mol. The highest BCUT2D eigenvalue weighted by atomic mass is 32.2. The minimum atomic E-state index is -3.46. The Morgan fingerprint density at radius 3 is 2.81 bits per heavy atom.